The van der Waals surface area contributed by atoms with Crippen molar-refractivity contribution in [2.75, 3.05) is 33.0 Å². The van der Waals surface area contributed by atoms with Crippen molar-refractivity contribution in [1.82, 2.24) is 0 Å². The van der Waals surface area contributed by atoms with E-state index in [0.717, 1.165) is 32.5 Å². The van der Waals surface area contributed by atoms with Gasteiger partial charge in [-0.3, -0.25) is 0 Å². The average molecular weight is 639 g/mol. The summed E-state index contributed by atoms with van der Waals surface area (Å²) in [5.41, 5.74) is -0.232. The quantitative estimate of drug-likeness (QED) is 0.0679. The van der Waals surface area contributed by atoms with E-state index in [1.54, 1.807) is 0 Å². The molecule has 0 heterocycles. The molecule has 0 rings (SSSR count). The van der Waals surface area contributed by atoms with E-state index >= 15 is 0 Å². The minimum Gasteiger partial charge on any atom is -0.396 e. The van der Waals surface area contributed by atoms with Gasteiger partial charge in [0.2, 0.25) is 0 Å². The summed E-state index contributed by atoms with van der Waals surface area (Å²) in [5, 5.41) is 10.1. The van der Waals surface area contributed by atoms with Crippen molar-refractivity contribution in [3.63, 3.8) is 0 Å². The standard InChI is InChI=1S/C42H86O3/c1-4-7-9-11-13-15-17-19-21-23-25-27-29-31-33-35-37-44-40-42(6-3,39-43)41-45-38-36-34-32-30-28-26-24-22-20-18-16-14-12-10-8-5-2/h43H,4-41H2,1-3H3. The molecule has 272 valence electrons. The summed E-state index contributed by atoms with van der Waals surface area (Å²) >= 11 is 0. The molecule has 0 saturated carbocycles. The Labute approximate surface area is 285 Å². The number of hydrogen-bond acceptors (Lipinski definition) is 3. The van der Waals surface area contributed by atoms with Crippen LogP contribution in [-0.4, -0.2) is 38.1 Å². The molecule has 0 aromatic carbocycles. The topological polar surface area (TPSA) is 38.7 Å². The first-order valence-corrected chi connectivity index (χ1v) is 21.0. The predicted molar refractivity (Wildman–Crippen MR) is 201 cm³/mol. The lowest BCUT2D eigenvalue weighted by atomic mass is 9.88. The molecule has 0 aromatic heterocycles. The molecular weight excluding hydrogens is 552 g/mol. The third-order valence-corrected chi connectivity index (χ3v) is 10.2. The lowest BCUT2D eigenvalue weighted by Crippen LogP contribution is -2.36. The van der Waals surface area contributed by atoms with E-state index in [9.17, 15) is 5.11 Å². The van der Waals surface area contributed by atoms with Gasteiger partial charge in [0.15, 0.2) is 0 Å². The molecule has 0 atom stereocenters. The fraction of sp³-hybridized carbons (Fsp3) is 1.00. The minimum absolute atomic E-state index is 0.154. The van der Waals surface area contributed by atoms with Crippen LogP contribution in [0.15, 0.2) is 0 Å². The fourth-order valence-corrected chi connectivity index (χ4v) is 6.53. The molecular formula is C42H86O3. The Morgan fingerprint density at radius 2 is 0.556 bits per heavy atom. The van der Waals surface area contributed by atoms with Crippen LogP contribution >= 0.6 is 0 Å². The van der Waals surface area contributed by atoms with Crippen LogP contribution in [-0.2, 0) is 9.47 Å². The Kier molecular flexibility index (Phi) is 38.2. The lowest BCUT2D eigenvalue weighted by molar-refractivity contribution is -0.0541. The van der Waals surface area contributed by atoms with Gasteiger partial charge in [-0.1, -0.05) is 213 Å². The van der Waals surface area contributed by atoms with Gasteiger partial charge in [-0.2, -0.15) is 0 Å². The van der Waals surface area contributed by atoms with E-state index in [1.807, 2.05) is 0 Å². The summed E-state index contributed by atoms with van der Waals surface area (Å²) in [6.45, 7) is 9.79. The Bertz CT molecular complexity index is 476. The van der Waals surface area contributed by atoms with Crippen molar-refractivity contribution < 1.29 is 14.6 Å². The van der Waals surface area contributed by atoms with Crippen LogP contribution in [0.4, 0.5) is 0 Å². The second-order valence-electron chi connectivity index (χ2n) is 14.7. The summed E-state index contributed by atoms with van der Waals surface area (Å²) in [4.78, 5) is 0. The van der Waals surface area contributed by atoms with E-state index in [0.29, 0.717) is 13.2 Å². The molecule has 3 heteroatoms. The molecule has 3 nitrogen and oxygen atoms in total. The zero-order valence-corrected chi connectivity index (χ0v) is 31.6. The van der Waals surface area contributed by atoms with Crippen LogP contribution in [0.3, 0.4) is 0 Å². The van der Waals surface area contributed by atoms with Crippen LogP contribution in [0.5, 0.6) is 0 Å². The molecule has 0 radical (unpaired) electrons. The molecule has 0 aliphatic carbocycles. The maximum absolute atomic E-state index is 10.1. The monoisotopic (exact) mass is 639 g/mol. The highest BCUT2D eigenvalue weighted by Gasteiger charge is 2.28. The highest BCUT2D eigenvalue weighted by Crippen LogP contribution is 2.23. The Morgan fingerprint density at radius 3 is 0.756 bits per heavy atom. The third kappa shape index (κ3) is 33.6. The molecule has 0 unspecified atom stereocenters. The minimum atomic E-state index is -0.232. The lowest BCUT2D eigenvalue weighted by Gasteiger charge is -2.30. The second kappa shape index (κ2) is 38.3. The Balaban J connectivity index is 3.47. The zero-order valence-electron chi connectivity index (χ0n) is 31.6. The van der Waals surface area contributed by atoms with Gasteiger partial charge in [0.1, 0.15) is 0 Å². The molecule has 1 N–H and O–H groups in total. The maximum atomic E-state index is 10.1. The van der Waals surface area contributed by atoms with Crippen molar-refractivity contribution in [1.29, 1.82) is 0 Å². The molecule has 0 aliphatic rings. The normalized spacial score (nSPS) is 12.0. The van der Waals surface area contributed by atoms with Gasteiger partial charge in [-0.25, -0.2) is 0 Å². The van der Waals surface area contributed by atoms with Crippen LogP contribution < -0.4 is 0 Å². The molecule has 45 heavy (non-hydrogen) atoms. The predicted octanol–water partition coefficient (Wildman–Crippen LogP) is 13.9. The van der Waals surface area contributed by atoms with Crippen molar-refractivity contribution >= 4 is 0 Å². The first-order chi connectivity index (χ1) is 22.2. The summed E-state index contributed by atoms with van der Waals surface area (Å²) in [6, 6.07) is 0. The summed E-state index contributed by atoms with van der Waals surface area (Å²) in [6.07, 6.45) is 45.5. The first-order valence-electron chi connectivity index (χ1n) is 21.0. The van der Waals surface area contributed by atoms with Crippen LogP contribution in [0, 0.1) is 5.41 Å². The van der Waals surface area contributed by atoms with E-state index in [1.165, 1.54) is 193 Å². The van der Waals surface area contributed by atoms with Gasteiger partial charge in [-0.05, 0) is 19.3 Å². The second-order valence-corrected chi connectivity index (χ2v) is 14.7. The molecule has 0 saturated heterocycles. The van der Waals surface area contributed by atoms with Crippen molar-refractivity contribution in [3.05, 3.63) is 0 Å². The third-order valence-electron chi connectivity index (χ3n) is 10.2. The molecule has 0 aromatic rings. The zero-order chi connectivity index (χ0) is 32.8. The fourth-order valence-electron chi connectivity index (χ4n) is 6.53. The van der Waals surface area contributed by atoms with Gasteiger partial charge in [0, 0.05) is 18.6 Å². The number of unbranched alkanes of at least 4 members (excludes halogenated alkanes) is 30. The molecule has 0 spiro atoms. The summed E-state index contributed by atoms with van der Waals surface area (Å²) < 4.78 is 12.1. The van der Waals surface area contributed by atoms with Gasteiger partial charge < -0.3 is 14.6 Å². The smallest absolute Gasteiger partial charge is 0.0566 e. The van der Waals surface area contributed by atoms with Crippen molar-refractivity contribution in [2.45, 2.75) is 233 Å². The average Bonchev–Trinajstić information content (AvgIpc) is 3.06. The number of hydrogen-bond donors (Lipinski definition) is 1. The Hall–Kier alpha value is -0.120. The Morgan fingerprint density at radius 1 is 0.333 bits per heavy atom. The number of aliphatic hydroxyl groups excluding tert-OH is 1. The van der Waals surface area contributed by atoms with Crippen molar-refractivity contribution in [3.8, 4) is 0 Å². The SMILES string of the molecule is CCCCCCCCCCCCCCCCCCOCC(CC)(CO)COCCCCCCCCCCCCCCCCCC. The summed E-state index contributed by atoms with van der Waals surface area (Å²) in [5.74, 6) is 0. The summed E-state index contributed by atoms with van der Waals surface area (Å²) in [7, 11) is 0. The highest BCUT2D eigenvalue weighted by atomic mass is 16.5. The maximum Gasteiger partial charge on any atom is 0.0566 e. The van der Waals surface area contributed by atoms with Gasteiger partial charge >= 0.3 is 0 Å². The molecule has 0 aliphatic heterocycles. The number of rotatable bonds is 40. The van der Waals surface area contributed by atoms with Crippen LogP contribution in [0.2, 0.25) is 0 Å². The highest BCUT2D eigenvalue weighted by molar-refractivity contribution is 4.76. The van der Waals surface area contributed by atoms with Gasteiger partial charge in [0.25, 0.3) is 0 Å². The molecule has 0 bridgehead atoms. The van der Waals surface area contributed by atoms with Crippen molar-refractivity contribution in [2.24, 2.45) is 5.41 Å². The van der Waals surface area contributed by atoms with E-state index in [4.69, 9.17) is 9.47 Å². The van der Waals surface area contributed by atoms with E-state index < -0.39 is 0 Å². The first kappa shape index (κ1) is 44.9. The van der Waals surface area contributed by atoms with Gasteiger partial charge in [-0.15, -0.1) is 0 Å². The van der Waals surface area contributed by atoms with Crippen LogP contribution in [0.25, 0.3) is 0 Å². The molecule has 0 fully saturated rings. The largest absolute Gasteiger partial charge is 0.396 e. The molecule has 0 amide bonds. The van der Waals surface area contributed by atoms with Gasteiger partial charge in [0.05, 0.1) is 19.8 Å². The van der Waals surface area contributed by atoms with Crippen LogP contribution in [0.1, 0.15) is 233 Å². The van der Waals surface area contributed by atoms with E-state index in [2.05, 4.69) is 20.8 Å². The number of aliphatic hydroxyl groups is 1. The number of ether oxygens (including phenoxy) is 2. The van der Waals surface area contributed by atoms with E-state index in [-0.39, 0.29) is 12.0 Å².